The van der Waals surface area contributed by atoms with Crippen molar-refractivity contribution in [3.63, 3.8) is 0 Å². The first-order valence-electron chi connectivity index (χ1n) is 8.48. The summed E-state index contributed by atoms with van der Waals surface area (Å²) < 4.78 is 1.58. The van der Waals surface area contributed by atoms with Gasteiger partial charge in [0.05, 0.1) is 18.0 Å². The Morgan fingerprint density at radius 1 is 1.27 bits per heavy atom. The molecule has 2 aromatic heterocycles. The molecule has 5 N–H and O–H groups in total. The zero-order valence-corrected chi connectivity index (χ0v) is 15.8. The van der Waals surface area contributed by atoms with Crippen LogP contribution in [0.3, 0.4) is 0 Å². The van der Waals surface area contributed by atoms with Crippen LogP contribution in [0.4, 0.5) is 0 Å². The SMILES string of the molecule is Cc1nc2c(c(C)c1CNC(=O)CNC(=O)[C@@H](N)C(C)C)c(=O)[nH]n2C. The van der Waals surface area contributed by atoms with E-state index in [1.54, 1.807) is 11.7 Å². The number of aromatic nitrogens is 3. The van der Waals surface area contributed by atoms with Gasteiger partial charge in [0.15, 0.2) is 5.65 Å². The molecule has 9 heteroatoms. The molecule has 9 nitrogen and oxygen atoms in total. The molecule has 0 aromatic carbocycles. The third-order valence-corrected chi connectivity index (χ3v) is 4.48. The highest BCUT2D eigenvalue weighted by atomic mass is 16.2. The third kappa shape index (κ3) is 3.93. The van der Waals surface area contributed by atoms with Gasteiger partial charge in [-0.2, -0.15) is 0 Å². The number of aromatic amines is 1. The second-order valence-corrected chi connectivity index (χ2v) is 6.76. The van der Waals surface area contributed by atoms with Crippen LogP contribution in [0.25, 0.3) is 11.0 Å². The Kier molecular flexibility index (Phi) is 5.81. The number of fused-ring (bicyclic) bond motifs is 1. The highest BCUT2D eigenvalue weighted by Crippen LogP contribution is 2.19. The zero-order valence-electron chi connectivity index (χ0n) is 15.8. The molecule has 2 aromatic rings. The molecule has 26 heavy (non-hydrogen) atoms. The number of pyridine rings is 1. The van der Waals surface area contributed by atoms with Crippen LogP contribution in [0.5, 0.6) is 0 Å². The fraction of sp³-hybridized carbons (Fsp3) is 0.529. The molecule has 0 saturated heterocycles. The third-order valence-electron chi connectivity index (χ3n) is 4.48. The lowest BCUT2D eigenvalue weighted by Crippen LogP contribution is -2.47. The Morgan fingerprint density at radius 3 is 2.54 bits per heavy atom. The van der Waals surface area contributed by atoms with Crippen LogP contribution in [0.1, 0.15) is 30.7 Å². The number of rotatable bonds is 6. The van der Waals surface area contributed by atoms with Gasteiger partial charge in [0.2, 0.25) is 11.8 Å². The van der Waals surface area contributed by atoms with Gasteiger partial charge in [0.1, 0.15) is 0 Å². The first-order valence-corrected chi connectivity index (χ1v) is 8.48. The van der Waals surface area contributed by atoms with Gasteiger partial charge in [-0.15, -0.1) is 0 Å². The van der Waals surface area contributed by atoms with Gasteiger partial charge in [-0.25, -0.2) is 4.98 Å². The largest absolute Gasteiger partial charge is 0.350 e. The van der Waals surface area contributed by atoms with Crippen molar-refractivity contribution in [1.29, 1.82) is 0 Å². The van der Waals surface area contributed by atoms with E-state index in [2.05, 4.69) is 20.7 Å². The second kappa shape index (κ2) is 7.69. The summed E-state index contributed by atoms with van der Waals surface area (Å²) in [4.78, 5) is 40.3. The maximum absolute atomic E-state index is 12.1. The zero-order chi connectivity index (χ0) is 19.6. The summed E-state index contributed by atoms with van der Waals surface area (Å²) in [5.41, 5.74) is 8.39. The molecular weight excluding hydrogens is 336 g/mol. The van der Waals surface area contributed by atoms with E-state index in [9.17, 15) is 14.4 Å². The topological polar surface area (TPSA) is 135 Å². The van der Waals surface area contributed by atoms with Gasteiger partial charge in [-0.05, 0) is 30.9 Å². The molecule has 2 amide bonds. The van der Waals surface area contributed by atoms with Gasteiger partial charge in [0, 0.05) is 19.3 Å². The van der Waals surface area contributed by atoms with E-state index in [0.717, 1.165) is 16.8 Å². The summed E-state index contributed by atoms with van der Waals surface area (Å²) >= 11 is 0. The van der Waals surface area contributed by atoms with Gasteiger partial charge in [-0.3, -0.25) is 24.2 Å². The predicted octanol–water partition coefficient (Wildman–Crippen LogP) is -0.406. The van der Waals surface area contributed by atoms with Gasteiger partial charge in [0.25, 0.3) is 5.56 Å². The summed E-state index contributed by atoms with van der Waals surface area (Å²) in [6.45, 7) is 7.40. The lowest BCUT2D eigenvalue weighted by Gasteiger charge is -2.15. The van der Waals surface area contributed by atoms with Crippen LogP contribution in [0.15, 0.2) is 4.79 Å². The number of amides is 2. The Bertz CT molecular complexity index is 896. The molecular formula is C17H26N6O3. The molecule has 142 valence electrons. The van der Waals surface area contributed by atoms with Crippen molar-refractivity contribution in [2.75, 3.05) is 6.54 Å². The Labute approximate surface area is 151 Å². The molecule has 0 aliphatic heterocycles. The number of aryl methyl sites for hydroxylation is 3. The van der Waals surface area contributed by atoms with E-state index in [1.807, 2.05) is 27.7 Å². The lowest BCUT2D eigenvalue weighted by molar-refractivity contribution is -0.127. The minimum atomic E-state index is -0.649. The number of hydrogen-bond donors (Lipinski definition) is 4. The van der Waals surface area contributed by atoms with Crippen molar-refractivity contribution in [3.05, 3.63) is 27.2 Å². The van der Waals surface area contributed by atoms with Crippen molar-refractivity contribution in [2.45, 2.75) is 40.3 Å². The summed E-state index contributed by atoms with van der Waals surface area (Å²) in [6.07, 6.45) is 0. The smallest absolute Gasteiger partial charge is 0.273 e. The second-order valence-electron chi connectivity index (χ2n) is 6.76. The highest BCUT2D eigenvalue weighted by molar-refractivity contribution is 5.87. The highest BCUT2D eigenvalue weighted by Gasteiger charge is 2.18. The normalized spacial score (nSPS) is 12.4. The molecule has 0 unspecified atom stereocenters. The van der Waals surface area contributed by atoms with E-state index in [1.165, 1.54) is 0 Å². The number of nitrogens with one attached hydrogen (secondary N) is 3. The van der Waals surface area contributed by atoms with Gasteiger partial charge >= 0.3 is 0 Å². The molecule has 0 fully saturated rings. The van der Waals surface area contributed by atoms with Crippen LogP contribution >= 0.6 is 0 Å². The molecule has 0 spiro atoms. The molecule has 0 aliphatic rings. The first kappa shape index (κ1) is 19.6. The minimum absolute atomic E-state index is 0.00914. The Balaban J connectivity index is 2.06. The minimum Gasteiger partial charge on any atom is -0.350 e. The fourth-order valence-electron chi connectivity index (χ4n) is 2.75. The molecule has 2 rings (SSSR count). The van der Waals surface area contributed by atoms with Crippen LogP contribution in [0, 0.1) is 19.8 Å². The van der Waals surface area contributed by atoms with Crippen molar-refractivity contribution < 1.29 is 9.59 Å². The number of carbonyl (C=O) groups is 2. The monoisotopic (exact) mass is 362 g/mol. The maximum atomic E-state index is 12.1. The quantitative estimate of drug-likeness (QED) is 0.554. The van der Waals surface area contributed by atoms with Crippen LogP contribution in [-0.4, -0.2) is 39.2 Å². The number of nitrogens with zero attached hydrogens (tertiary/aromatic N) is 2. The standard InChI is InChI=1S/C17H26N6O3/c1-8(2)14(18)17(26)20-7-12(24)19-6-11-9(3)13-15(21-10(11)4)23(5)22-16(13)25/h8,14H,6-7,18H2,1-5H3,(H,19,24)(H,20,26)(H,22,25)/t14-/m0/s1. The number of H-pyrrole nitrogens is 1. The van der Waals surface area contributed by atoms with Gasteiger partial charge in [-0.1, -0.05) is 13.8 Å². The average molecular weight is 362 g/mol. The van der Waals surface area contributed by atoms with Crippen molar-refractivity contribution in [1.82, 2.24) is 25.4 Å². The molecule has 0 aliphatic carbocycles. The summed E-state index contributed by atoms with van der Waals surface area (Å²) in [5, 5.41) is 8.46. The van der Waals surface area contributed by atoms with E-state index < -0.39 is 6.04 Å². The molecule has 1 atom stereocenters. The number of hydrogen-bond acceptors (Lipinski definition) is 5. The molecule has 0 bridgehead atoms. The van der Waals surface area contributed by atoms with Crippen LogP contribution < -0.4 is 21.9 Å². The van der Waals surface area contributed by atoms with Crippen LogP contribution in [-0.2, 0) is 23.2 Å². The maximum Gasteiger partial charge on any atom is 0.273 e. The Hall–Kier alpha value is -2.68. The molecule has 0 radical (unpaired) electrons. The lowest BCUT2D eigenvalue weighted by atomic mass is 10.0. The fourth-order valence-corrected chi connectivity index (χ4v) is 2.75. The summed E-state index contributed by atoms with van der Waals surface area (Å²) in [7, 11) is 1.72. The Morgan fingerprint density at radius 2 is 1.92 bits per heavy atom. The summed E-state index contributed by atoms with van der Waals surface area (Å²) in [5.74, 6) is -0.707. The summed E-state index contributed by atoms with van der Waals surface area (Å²) in [6, 6.07) is -0.649. The van der Waals surface area contributed by atoms with Gasteiger partial charge < -0.3 is 16.4 Å². The van der Waals surface area contributed by atoms with E-state index in [0.29, 0.717) is 11.0 Å². The number of nitrogens with two attached hydrogens (primary N) is 1. The van der Waals surface area contributed by atoms with Crippen LogP contribution in [0.2, 0.25) is 0 Å². The first-order chi connectivity index (χ1) is 12.1. The van der Waals surface area contributed by atoms with Crippen molar-refractivity contribution >= 4 is 22.8 Å². The number of carbonyl (C=O) groups excluding carboxylic acids is 2. The van der Waals surface area contributed by atoms with Crippen molar-refractivity contribution in [2.24, 2.45) is 18.7 Å². The van der Waals surface area contributed by atoms with E-state index in [4.69, 9.17) is 5.73 Å². The van der Waals surface area contributed by atoms with E-state index >= 15 is 0 Å². The predicted molar refractivity (Wildman–Crippen MR) is 98.5 cm³/mol. The average Bonchev–Trinajstić information content (AvgIpc) is 2.85. The molecule has 2 heterocycles. The molecule has 0 saturated carbocycles. The van der Waals surface area contributed by atoms with E-state index in [-0.39, 0.29) is 36.4 Å². The van der Waals surface area contributed by atoms with Crippen molar-refractivity contribution in [3.8, 4) is 0 Å².